The first-order chi connectivity index (χ1) is 12.5. The number of hydrogen-bond donors (Lipinski definition) is 3. The Labute approximate surface area is 155 Å². The van der Waals surface area contributed by atoms with Crippen molar-refractivity contribution < 1.29 is 4.79 Å². The molecule has 3 N–H and O–H groups in total. The molecule has 0 saturated heterocycles. The molecule has 1 amide bonds. The summed E-state index contributed by atoms with van der Waals surface area (Å²) in [6, 6.07) is 14.3. The molecule has 26 heavy (non-hydrogen) atoms. The predicted octanol–water partition coefficient (Wildman–Crippen LogP) is 3.31. The molecule has 6 nitrogen and oxygen atoms in total. The number of halogens is 1. The highest BCUT2D eigenvalue weighted by molar-refractivity contribution is 6.30. The Morgan fingerprint density at radius 2 is 2.04 bits per heavy atom. The monoisotopic (exact) mass is 365 g/mol. The maximum atomic E-state index is 12.3. The summed E-state index contributed by atoms with van der Waals surface area (Å²) < 4.78 is 1.25. The van der Waals surface area contributed by atoms with Crippen LogP contribution in [0.4, 0.5) is 5.82 Å². The number of carbonyl (C=O) groups is 1. The van der Waals surface area contributed by atoms with Gasteiger partial charge in [0.25, 0.3) is 5.91 Å². The lowest BCUT2D eigenvalue weighted by atomic mass is 10.1. The van der Waals surface area contributed by atoms with Crippen LogP contribution in [0.3, 0.4) is 0 Å². The lowest BCUT2D eigenvalue weighted by molar-refractivity contribution is 0.102. The molecular formula is C19H16ClN5O. The van der Waals surface area contributed by atoms with Crippen molar-refractivity contribution >= 4 is 29.7 Å². The number of anilines is 1. The summed E-state index contributed by atoms with van der Waals surface area (Å²) in [6.07, 6.45) is 4.81. The Bertz CT molecular complexity index is 1010. The Morgan fingerprint density at radius 1 is 1.19 bits per heavy atom. The van der Waals surface area contributed by atoms with E-state index >= 15 is 0 Å². The van der Waals surface area contributed by atoms with Crippen molar-refractivity contribution in [1.82, 2.24) is 9.55 Å². The van der Waals surface area contributed by atoms with Gasteiger partial charge in [-0.15, -0.1) is 0 Å². The Kier molecular flexibility index (Phi) is 5.24. The highest BCUT2D eigenvalue weighted by Gasteiger charge is 2.08. The maximum absolute atomic E-state index is 12.3. The number of hydrogen-bond acceptors (Lipinski definition) is 4. The molecule has 0 aliphatic rings. The molecule has 7 heteroatoms. The first kappa shape index (κ1) is 17.6. The second-order valence-corrected chi connectivity index (χ2v) is 6.09. The van der Waals surface area contributed by atoms with Crippen molar-refractivity contribution in [1.29, 1.82) is 10.8 Å². The van der Waals surface area contributed by atoms with Crippen LogP contribution in [0.15, 0.2) is 60.9 Å². The number of aromatic nitrogens is 2. The SMILES string of the molecule is N=Cn1cc(C(=O)Nc2ccc(Cc3cccc(Cl)c3)cn2)ccc1=N. The molecule has 0 radical (unpaired) electrons. The van der Waals surface area contributed by atoms with Gasteiger partial charge in [0.05, 0.1) is 11.9 Å². The van der Waals surface area contributed by atoms with Gasteiger partial charge in [-0.2, -0.15) is 0 Å². The molecule has 0 aliphatic heterocycles. The van der Waals surface area contributed by atoms with E-state index < -0.39 is 0 Å². The normalized spacial score (nSPS) is 10.3. The number of nitrogens with zero attached hydrogens (tertiary/aromatic N) is 2. The van der Waals surface area contributed by atoms with E-state index in [1.54, 1.807) is 12.3 Å². The Balaban J connectivity index is 1.70. The van der Waals surface area contributed by atoms with Crippen LogP contribution in [0.1, 0.15) is 21.5 Å². The maximum Gasteiger partial charge on any atom is 0.258 e. The summed E-state index contributed by atoms with van der Waals surface area (Å²) in [6.45, 7) is 0. The molecule has 1 aromatic carbocycles. The standard InChI is InChI=1S/C19H16ClN5O/c20-16-3-1-2-13(9-16)8-14-4-7-18(23-10-14)24-19(26)15-5-6-17(22)25(11-15)12-21/h1-7,9-12,21-22H,8H2,(H,23,24,26). The lowest BCUT2D eigenvalue weighted by Gasteiger charge is -2.07. The van der Waals surface area contributed by atoms with Crippen molar-refractivity contribution in [2.45, 2.75) is 6.42 Å². The van der Waals surface area contributed by atoms with Crippen LogP contribution >= 0.6 is 11.6 Å². The van der Waals surface area contributed by atoms with Crippen LogP contribution in [0, 0.1) is 10.8 Å². The van der Waals surface area contributed by atoms with E-state index in [0.29, 0.717) is 22.8 Å². The van der Waals surface area contributed by atoms with Crippen molar-refractivity contribution in [3.63, 3.8) is 0 Å². The summed E-state index contributed by atoms with van der Waals surface area (Å²) in [4.78, 5) is 16.6. The van der Waals surface area contributed by atoms with Crippen molar-refractivity contribution in [2.24, 2.45) is 0 Å². The second-order valence-electron chi connectivity index (χ2n) is 5.65. The van der Waals surface area contributed by atoms with E-state index in [0.717, 1.165) is 17.5 Å². The Hall–Kier alpha value is -3.25. The van der Waals surface area contributed by atoms with E-state index in [2.05, 4.69) is 10.3 Å². The van der Waals surface area contributed by atoms with E-state index in [-0.39, 0.29) is 11.4 Å². The molecular weight excluding hydrogens is 350 g/mol. The van der Waals surface area contributed by atoms with Gasteiger partial charge in [-0.05, 0) is 47.9 Å². The fraction of sp³-hybridized carbons (Fsp3) is 0.0526. The molecule has 0 spiro atoms. The average Bonchev–Trinajstić information content (AvgIpc) is 2.64. The lowest BCUT2D eigenvalue weighted by Crippen LogP contribution is -2.21. The molecule has 0 fully saturated rings. The topological polar surface area (TPSA) is 94.6 Å². The fourth-order valence-electron chi connectivity index (χ4n) is 2.43. The quantitative estimate of drug-likeness (QED) is 0.478. The van der Waals surface area contributed by atoms with Crippen LogP contribution in [-0.2, 0) is 6.42 Å². The molecule has 0 aliphatic carbocycles. The first-order valence-electron chi connectivity index (χ1n) is 7.83. The number of pyridine rings is 2. The summed E-state index contributed by atoms with van der Waals surface area (Å²) in [5, 5.41) is 18.3. The fourth-order valence-corrected chi connectivity index (χ4v) is 2.65. The van der Waals surface area contributed by atoms with Gasteiger partial charge in [0.1, 0.15) is 11.3 Å². The van der Waals surface area contributed by atoms with Crippen molar-refractivity contribution in [3.05, 3.63) is 88.1 Å². The zero-order valence-corrected chi connectivity index (χ0v) is 14.5. The largest absolute Gasteiger partial charge is 0.307 e. The van der Waals surface area contributed by atoms with Gasteiger partial charge < -0.3 is 5.32 Å². The first-order valence-corrected chi connectivity index (χ1v) is 8.21. The number of rotatable bonds is 5. The van der Waals surface area contributed by atoms with Gasteiger partial charge >= 0.3 is 0 Å². The minimum Gasteiger partial charge on any atom is -0.307 e. The summed E-state index contributed by atoms with van der Waals surface area (Å²) in [7, 11) is 0. The van der Waals surface area contributed by atoms with Crippen LogP contribution in [0.2, 0.25) is 5.02 Å². The number of nitrogens with one attached hydrogen (secondary N) is 3. The predicted molar refractivity (Wildman–Crippen MR) is 101 cm³/mol. The summed E-state index contributed by atoms with van der Waals surface area (Å²) in [5.41, 5.74) is 2.56. The number of benzene rings is 1. The van der Waals surface area contributed by atoms with Crippen LogP contribution in [0.25, 0.3) is 0 Å². The summed E-state index contributed by atoms with van der Waals surface area (Å²) in [5.74, 6) is 0.0805. The summed E-state index contributed by atoms with van der Waals surface area (Å²) >= 11 is 5.99. The van der Waals surface area contributed by atoms with Gasteiger partial charge in [0, 0.05) is 17.4 Å². The third-order valence-electron chi connectivity index (χ3n) is 3.74. The molecule has 0 saturated carbocycles. The van der Waals surface area contributed by atoms with Crippen molar-refractivity contribution in [3.8, 4) is 0 Å². The minimum absolute atomic E-state index is 0.125. The van der Waals surface area contributed by atoms with E-state index in [1.807, 2.05) is 30.3 Å². The Morgan fingerprint density at radius 3 is 2.73 bits per heavy atom. The van der Waals surface area contributed by atoms with Crippen molar-refractivity contribution in [2.75, 3.05) is 5.32 Å². The van der Waals surface area contributed by atoms with Gasteiger partial charge in [-0.25, -0.2) is 4.98 Å². The molecule has 2 aromatic heterocycles. The molecule has 2 heterocycles. The number of carbonyl (C=O) groups excluding carboxylic acids is 1. The average molecular weight is 366 g/mol. The highest BCUT2D eigenvalue weighted by atomic mass is 35.5. The van der Waals surface area contributed by atoms with E-state index in [1.165, 1.54) is 22.9 Å². The van der Waals surface area contributed by atoms with E-state index in [4.69, 9.17) is 22.4 Å². The van der Waals surface area contributed by atoms with E-state index in [9.17, 15) is 4.79 Å². The second kappa shape index (κ2) is 7.76. The molecule has 3 aromatic rings. The molecule has 0 unspecified atom stereocenters. The zero-order chi connectivity index (χ0) is 18.5. The molecule has 0 bridgehead atoms. The van der Waals surface area contributed by atoms with Gasteiger partial charge in [-0.1, -0.05) is 29.8 Å². The molecule has 130 valence electrons. The van der Waals surface area contributed by atoms with Gasteiger partial charge in [-0.3, -0.25) is 20.2 Å². The molecule has 0 atom stereocenters. The third kappa shape index (κ3) is 4.23. The smallest absolute Gasteiger partial charge is 0.258 e. The van der Waals surface area contributed by atoms with Gasteiger partial charge in [0.15, 0.2) is 0 Å². The molecule has 3 rings (SSSR count). The van der Waals surface area contributed by atoms with Crippen LogP contribution in [0.5, 0.6) is 0 Å². The zero-order valence-electron chi connectivity index (χ0n) is 13.7. The van der Waals surface area contributed by atoms with Gasteiger partial charge in [0.2, 0.25) is 0 Å². The third-order valence-corrected chi connectivity index (χ3v) is 3.98. The highest BCUT2D eigenvalue weighted by Crippen LogP contribution is 2.15. The van der Waals surface area contributed by atoms with Crippen LogP contribution < -0.4 is 10.8 Å². The van der Waals surface area contributed by atoms with Crippen LogP contribution in [-0.4, -0.2) is 21.8 Å². The number of amides is 1. The minimum atomic E-state index is -0.351.